The lowest BCUT2D eigenvalue weighted by atomic mass is 10.1. The first-order valence-corrected chi connectivity index (χ1v) is 11.4. The highest BCUT2D eigenvalue weighted by molar-refractivity contribution is 6.32. The van der Waals surface area contributed by atoms with Gasteiger partial charge in [0, 0.05) is 31.9 Å². The molecule has 1 heterocycles. The number of ether oxygens (including phenoxy) is 1. The molecule has 0 N–H and O–H groups in total. The number of rotatable bonds is 7. The van der Waals surface area contributed by atoms with Crippen molar-refractivity contribution >= 4 is 17.3 Å². The van der Waals surface area contributed by atoms with E-state index in [0.717, 1.165) is 70.2 Å². The number of hydrogen-bond donors (Lipinski definition) is 0. The van der Waals surface area contributed by atoms with Gasteiger partial charge in [0.05, 0.1) is 17.2 Å². The Hall–Kier alpha value is -1.92. The number of fused-ring (bicyclic) bond motifs is 1. The van der Waals surface area contributed by atoms with Crippen LogP contribution in [0.2, 0.25) is 5.02 Å². The summed E-state index contributed by atoms with van der Waals surface area (Å²) in [7, 11) is 0. The molecule has 1 saturated heterocycles. The van der Waals surface area contributed by atoms with Gasteiger partial charge in [0.15, 0.2) is 0 Å². The highest BCUT2D eigenvalue weighted by Gasteiger charge is 2.31. The number of unbranched alkanes of at least 4 members (excludes halogenated alkanes) is 1. The molecule has 4 rings (SSSR count). The van der Waals surface area contributed by atoms with Crippen LogP contribution in [0.5, 0.6) is 5.75 Å². The third-order valence-electron chi connectivity index (χ3n) is 6.18. The minimum absolute atomic E-state index is 0.587. The van der Waals surface area contributed by atoms with Crippen LogP contribution in [0.3, 0.4) is 0 Å². The molecule has 0 saturated carbocycles. The first-order valence-electron chi connectivity index (χ1n) is 11.0. The smallest absolute Gasteiger partial charge is 0.416 e. The van der Waals surface area contributed by atoms with Crippen molar-refractivity contribution in [2.24, 2.45) is 0 Å². The maximum atomic E-state index is 12.9. The molecule has 2 aliphatic rings. The standard InChI is InChI=1S/C24H28ClF3N2O/c25-22-15-18-5-3-6-19(18)16-23(22)31-14-2-1-9-29-10-12-30(13-11-29)21-8-4-7-20(17-21)24(26,27)28/h4,7-8,15-17H,1-3,5-6,9-14H2. The van der Waals surface area contributed by atoms with E-state index < -0.39 is 11.7 Å². The highest BCUT2D eigenvalue weighted by Crippen LogP contribution is 2.33. The maximum absolute atomic E-state index is 12.9. The van der Waals surface area contributed by atoms with Gasteiger partial charge >= 0.3 is 6.18 Å². The van der Waals surface area contributed by atoms with Crippen LogP contribution in [0.1, 0.15) is 36.0 Å². The Labute approximate surface area is 186 Å². The van der Waals surface area contributed by atoms with Crippen LogP contribution in [0, 0.1) is 0 Å². The molecule has 0 atom stereocenters. The van der Waals surface area contributed by atoms with E-state index in [0.29, 0.717) is 17.3 Å². The predicted molar refractivity (Wildman–Crippen MR) is 118 cm³/mol. The van der Waals surface area contributed by atoms with Gasteiger partial charge in [-0.15, -0.1) is 0 Å². The van der Waals surface area contributed by atoms with Crippen LogP contribution in [0.4, 0.5) is 18.9 Å². The largest absolute Gasteiger partial charge is 0.492 e. The van der Waals surface area contributed by atoms with Crippen LogP contribution in [0.25, 0.3) is 0 Å². The maximum Gasteiger partial charge on any atom is 0.416 e. The average molecular weight is 453 g/mol. The van der Waals surface area contributed by atoms with E-state index in [1.54, 1.807) is 6.07 Å². The van der Waals surface area contributed by atoms with Crippen molar-refractivity contribution < 1.29 is 17.9 Å². The van der Waals surface area contributed by atoms with Crippen molar-refractivity contribution in [1.29, 1.82) is 0 Å². The van der Waals surface area contributed by atoms with Crippen molar-refractivity contribution in [2.45, 2.75) is 38.3 Å². The number of anilines is 1. The quantitative estimate of drug-likeness (QED) is 0.492. The van der Waals surface area contributed by atoms with Crippen LogP contribution in [-0.2, 0) is 19.0 Å². The second kappa shape index (κ2) is 9.70. The highest BCUT2D eigenvalue weighted by atomic mass is 35.5. The zero-order valence-corrected chi connectivity index (χ0v) is 18.3. The summed E-state index contributed by atoms with van der Waals surface area (Å²) in [4.78, 5) is 4.40. The number of hydrogen-bond acceptors (Lipinski definition) is 3. The van der Waals surface area contributed by atoms with E-state index in [1.807, 2.05) is 11.0 Å². The van der Waals surface area contributed by atoms with E-state index in [2.05, 4.69) is 11.0 Å². The van der Waals surface area contributed by atoms with Crippen LogP contribution in [-0.4, -0.2) is 44.2 Å². The Bertz CT molecular complexity index is 895. The first kappa shape index (κ1) is 22.3. The summed E-state index contributed by atoms with van der Waals surface area (Å²) in [5.74, 6) is 0.789. The Morgan fingerprint density at radius 3 is 2.42 bits per heavy atom. The van der Waals surface area contributed by atoms with Gasteiger partial charge in [-0.05, 0) is 80.1 Å². The predicted octanol–water partition coefficient (Wildman–Crippen LogP) is 5.83. The Kier molecular flexibility index (Phi) is 6.97. The number of alkyl halides is 3. The summed E-state index contributed by atoms with van der Waals surface area (Å²) >= 11 is 6.34. The summed E-state index contributed by atoms with van der Waals surface area (Å²) in [6.45, 7) is 4.80. The van der Waals surface area contributed by atoms with Gasteiger partial charge in [0.1, 0.15) is 5.75 Å². The van der Waals surface area contributed by atoms with Gasteiger partial charge < -0.3 is 9.64 Å². The van der Waals surface area contributed by atoms with Crippen LogP contribution in [0.15, 0.2) is 36.4 Å². The summed E-state index contributed by atoms with van der Waals surface area (Å²) < 4.78 is 44.7. The fraction of sp³-hybridized carbons (Fsp3) is 0.500. The van der Waals surface area contributed by atoms with E-state index in [9.17, 15) is 13.2 Å². The zero-order valence-electron chi connectivity index (χ0n) is 17.6. The first-order chi connectivity index (χ1) is 14.9. The average Bonchev–Trinajstić information content (AvgIpc) is 3.20. The van der Waals surface area contributed by atoms with Crippen LogP contribution < -0.4 is 9.64 Å². The molecular formula is C24H28ClF3N2O. The second-order valence-electron chi connectivity index (χ2n) is 8.34. The molecule has 0 spiro atoms. The molecule has 2 aromatic carbocycles. The third-order valence-corrected chi connectivity index (χ3v) is 6.48. The molecule has 2 aromatic rings. The molecule has 0 amide bonds. The van der Waals surface area contributed by atoms with Gasteiger partial charge in [-0.3, -0.25) is 4.90 Å². The number of benzene rings is 2. The van der Waals surface area contributed by atoms with Crippen molar-refractivity contribution in [3.8, 4) is 5.75 Å². The summed E-state index contributed by atoms with van der Waals surface area (Å²) in [5.41, 5.74) is 2.77. The topological polar surface area (TPSA) is 15.7 Å². The molecule has 0 bridgehead atoms. The molecule has 0 radical (unpaired) electrons. The SMILES string of the molecule is FC(F)(F)c1cccc(N2CCN(CCCCOc3cc4c(cc3Cl)CCC4)CC2)c1. The van der Waals surface area contributed by atoms with Crippen molar-refractivity contribution in [2.75, 3.05) is 44.2 Å². The lowest BCUT2D eigenvalue weighted by molar-refractivity contribution is -0.137. The number of halogens is 4. The number of aryl methyl sites for hydroxylation is 2. The van der Waals surface area contributed by atoms with Crippen molar-refractivity contribution in [1.82, 2.24) is 4.90 Å². The minimum atomic E-state index is -4.30. The Morgan fingerprint density at radius 2 is 1.68 bits per heavy atom. The van der Waals surface area contributed by atoms with Gasteiger partial charge in [0.25, 0.3) is 0 Å². The molecule has 31 heavy (non-hydrogen) atoms. The van der Waals surface area contributed by atoms with Gasteiger partial charge in [-0.1, -0.05) is 17.7 Å². The molecule has 1 aliphatic carbocycles. The summed E-state index contributed by atoms with van der Waals surface area (Å²) in [5, 5.41) is 0.700. The fourth-order valence-electron chi connectivity index (χ4n) is 4.41. The lowest BCUT2D eigenvalue weighted by Crippen LogP contribution is -2.46. The van der Waals surface area contributed by atoms with E-state index in [4.69, 9.17) is 16.3 Å². The summed E-state index contributed by atoms with van der Waals surface area (Å²) in [6.07, 6.45) is 1.07. The van der Waals surface area contributed by atoms with Gasteiger partial charge in [-0.25, -0.2) is 0 Å². The molecule has 7 heteroatoms. The zero-order chi connectivity index (χ0) is 21.8. The van der Waals surface area contributed by atoms with Crippen LogP contribution >= 0.6 is 11.6 Å². The van der Waals surface area contributed by atoms with E-state index in [-0.39, 0.29) is 0 Å². The van der Waals surface area contributed by atoms with Crippen molar-refractivity contribution in [3.63, 3.8) is 0 Å². The molecule has 168 valence electrons. The number of piperazine rings is 1. The Balaban J connectivity index is 1.17. The second-order valence-corrected chi connectivity index (χ2v) is 8.74. The Morgan fingerprint density at radius 1 is 0.935 bits per heavy atom. The monoisotopic (exact) mass is 452 g/mol. The fourth-order valence-corrected chi connectivity index (χ4v) is 4.65. The minimum Gasteiger partial charge on any atom is -0.492 e. The molecule has 0 unspecified atom stereocenters. The number of nitrogens with zero attached hydrogens (tertiary/aromatic N) is 2. The molecule has 1 fully saturated rings. The molecule has 3 nitrogen and oxygen atoms in total. The molecular weight excluding hydrogens is 425 g/mol. The lowest BCUT2D eigenvalue weighted by Gasteiger charge is -2.36. The molecule has 0 aromatic heterocycles. The van der Waals surface area contributed by atoms with E-state index in [1.165, 1.54) is 29.7 Å². The normalized spacial score (nSPS) is 17.1. The third kappa shape index (κ3) is 5.66. The van der Waals surface area contributed by atoms with Crippen molar-refractivity contribution in [3.05, 3.63) is 58.1 Å². The van der Waals surface area contributed by atoms with Gasteiger partial charge in [0.2, 0.25) is 0 Å². The van der Waals surface area contributed by atoms with Gasteiger partial charge in [-0.2, -0.15) is 13.2 Å². The summed E-state index contributed by atoms with van der Waals surface area (Å²) in [6, 6.07) is 9.75. The molecule has 1 aliphatic heterocycles. The van der Waals surface area contributed by atoms with E-state index >= 15 is 0 Å².